The minimum absolute atomic E-state index is 0.329. The number of amides is 2. The van der Waals surface area contributed by atoms with Crippen molar-refractivity contribution in [3.63, 3.8) is 0 Å². The molecule has 0 aliphatic heterocycles. The summed E-state index contributed by atoms with van der Waals surface area (Å²) in [7, 11) is 0. The lowest BCUT2D eigenvalue weighted by molar-refractivity contribution is 0.0995. The number of hydrogen-bond acceptors (Lipinski definition) is 3. The molecule has 2 aromatic carbocycles. The molecule has 0 spiro atoms. The van der Waals surface area contributed by atoms with Crippen LogP contribution in [0.25, 0.3) is 11.3 Å². The van der Waals surface area contributed by atoms with Crippen LogP contribution >= 0.6 is 0 Å². The highest BCUT2D eigenvalue weighted by molar-refractivity contribution is 6.04. The number of rotatable bonds is 4. The number of aryl methyl sites for hydroxylation is 1. The summed E-state index contributed by atoms with van der Waals surface area (Å²) in [5.41, 5.74) is 9.15. The van der Waals surface area contributed by atoms with Gasteiger partial charge in [-0.15, -0.1) is 0 Å². The van der Waals surface area contributed by atoms with Gasteiger partial charge in [-0.2, -0.15) is 5.10 Å². The molecule has 120 valence electrons. The van der Waals surface area contributed by atoms with E-state index in [0.29, 0.717) is 22.6 Å². The van der Waals surface area contributed by atoms with Crippen molar-refractivity contribution in [1.82, 2.24) is 10.2 Å². The summed E-state index contributed by atoms with van der Waals surface area (Å²) in [6.07, 6.45) is 0. The van der Waals surface area contributed by atoms with Gasteiger partial charge in [0.1, 0.15) is 5.69 Å². The first-order valence-electron chi connectivity index (χ1n) is 7.36. The molecular weight excluding hydrogens is 304 g/mol. The van der Waals surface area contributed by atoms with Gasteiger partial charge in [0.2, 0.25) is 5.91 Å². The highest BCUT2D eigenvalue weighted by Gasteiger charge is 2.12. The number of aromatic amines is 1. The molecule has 6 nitrogen and oxygen atoms in total. The van der Waals surface area contributed by atoms with E-state index in [4.69, 9.17) is 5.73 Å². The first-order valence-corrected chi connectivity index (χ1v) is 7.36. The molecule has 0 saturated carbocycles. The number of primary amides is 1. The minimum atomic E-state index is -0.547. The molecule has 1 aromatic heterocycles. The lowest BCUT2D eigenvalue weighted by atomic mass is 10.1. The Morgan fingerprint density at radius 2 is 1.83 bits per heavy atom. The van der Waals surface area contributed by atoms with Crippen molar-refractivity contribution < 1.29 is 9.59 Å². The van der Waals surface area contributed by atoms with E-state index >= 15 is 0 Å². The molecule has 0 atom stereocenters. The molecule has 6 heteroatoms. The largest absolute Gasteiger partial charge is 0.366 e. The SMILES string of the molecule is Cc1ccc(-c2cc(C(=O)Nc3cccc(C(N)=O)c3)[nH]n2)cc1. The van der Waals surface area contributed by atoms with E-state index in [-0.39, 0.29) is 5.91 Å². The van der Waals surface area contributed by atoms with Gasteiger partial charge in [-0.25, -0.2) is 0 Å². The fourth-order valence-electron chi connectivity index (χ4n) is 2.26. The van der Waals surface area contributed by atoms with Crippen LogP contribution in [0.2, 0.25) is 0 Å². The number of benzene rings is 2. The van der Waals surface area contributed by atoms with Gasteiger partial charge < -0.3 is 11.1 Å². The Morgan fingerprint density at radius 3 is 2.54 bits per heavy atom. The maximum atomic E-state index is 12.3. The number of aromatic nitrogens is 2. The number of anilines is 1. The molecule has 0 fully saturated rings. The van der Waals surface area contributed by atoms with E-state index in [9.17, 15) is 9.59 Å². The maximum absolute atomic E-state index is 12.3. The Bertz CT molecular complexity index is 897. The molecule has 1 heterocycles. The third kappa shape index (κ3) is 3.33. The van der Waals surface area contributed by atoms with E-state index in [1.807, 2.05) is 31.2 Å². The van der Waals surface area contributed by atoms with Gasteiger partial charge in [0, 0.05) is 16.8 Å². The number of carbonyl (C=O) groups excluding carboxylic acids is 2. The quantitative estimate of drug-likeness (QED) is 0.689. The summed E-state index contributed by atoms with van der Waals surface area (Å²) in [4.78, 5) is 23.5. The van der Waals surface area contributed by atoms with Gasteiger partial charge in [-0.3, -0.25) is 14.7 Å². The first kappa shape index (κ1) is 15.5. The van der Waals surface area contributed by atoms with Crippen LogP contribution in [-0.4, -0.2) is 22.0 Å². The normalized spacial score (nSPS) is 10.4. The summed E-state index contributed by atoms with van der Waals surface area (Å²) in [6.45, 7) is 2.01. The lowest BCUT2D eigenvalue weighted by Gasteiger charge is -2.04. The van der Waals surface area contributed by atoms with Gasteiger partial charge in [0.15, 0.2) is 0 Å². The predicted octanol–water partition coefficient (Wildman–Crippen LogP) is 2.74. The van der Waals surface area contributed by atoms with Crippen LogP contribution in [0, 0.1) is 6.92 Å². The Hall–Kier alpha value is -3.41. The van der Waals surface area contributed by atoms with E-state index in [2.05, 4.69) is 15.5 Å². The highest BCUT2D eigenvalue weighted by Crippen LogP contribution is 2.19. The number of hydrogen-bond donors (Lipinski definition) is 3. The molecular formula is C18H16N4O2. The van der Waals surface area contributed by atoms with Crippen molar-refractivity contribution >= 4 is 17.5 Å². The van der Waals surface area contributed by atoms with Gasteiger partial charge in [-0.1, -0.05) is 35.9 Å². The van der Waals surface area contributed by atoms with Crippen LogP contribution in [0.4, 0.5) is 5.69 Å². The molecule has 0 saturated heterocycles. The monoisotopic (exact) mass is 320 g/mol. The van der Waals surface area contributed by atoms with Gasteiger partial charge >= 0.3 is 0 Å². The smallest absolute Gasteiger partial charge is 0.273 e. The topological polar surface area (TPSA) is 101 Å². The fraction of sp³-hybridized carbons (Fsp3) is 0.0556. The molecule has 0 bridgehead atoms. The van der Waals surface area contributed by atoms with Crippen LogP contribution in [0.5, 0.6) is 0 Å². The van der Waals surface area contributed by atoms with E-state index in [1.165, 1.54) is 6.07 Å². The summed E-state index contributed by atoms with van der Waals surface area (Å²) >= 11 is 0. The van der Waals surface area contributed by atoms with Gasteiger partial charge in [0.05, 0.1) is 5.69 Å². The zero-order valence-electron chi connectivity index (χ0n) is 13.0. The molecule has 0 aliphatic carbocycles. The Labute approximate surface area is 138 Å². The minimum Gasteiger partial charge on any atom is -0.366 e. The molecule has 24 heavy (non-hydrogen) atoms. The molecule has 4 N–H and O–H groups in total. The summed E-state index contributed by atoms with van der Waals surface area (Å²) in [5.74, 6) is -0.892. The molecule has 0 unspecified atom stereocenters. The van der Waals surface area contributed by atoms with Crippen molar-refractivity contribution in [1.29, 1.82) is 0 Å². The van der Waals surface area contributed by atoms with Crippen molar-refractivity contribution in [2.45, 2.75) is 6.92 Å². The van der Waals surface area contributed by atoms with Crippen molar-refractivity contribution in [3.05, 3.63) is 71.4 Å². The highest BCUT2D eigenvalue weighted by atomic mass is 16.2. The summed E-state index contributed by atoms with van der Waals surface area (Å²) < 4.78 is 0. The second-order valence-corrected chi connectivity index (χ2v) is 5.43. The number of nitrogens with one attached hydrogen (secondary N) is 2. The lowest BCUT2D eigenvalue weighted by Crippen LogP contribution is -2.14. The zero-order chi connectivity index (χ0) is 17.1. The van der Waals surface area contributed by atoms with Gasteiger partial charge in [0.25, 0.3) is 5.91 Å². The average molecular weight is 320 g/mol. The first-order chi connectivity index (χ1) is 11.5. The number of H-pyrrole nitrogens is 1. The molecule has 0 radical (unpaired) electrons. The average Bonchev–Trinajstić information content (AvgIpc) is 3.06. The molecule has 3 aromatic rings. The van der Waals surface area contributed by atoms with E-state index < -0.39 is 5.91 Å². The van der Waals surface area contributed by atoms with E-state index in [1.54, 1.807) is 24.3 Å². The van der Waals surface area contributed by atoms with Crippen LogP contribution < -0.4 is 11.1 Å². The second-order valence-electron chi connectivity index (χ2n) is 5.43. The Morgan fingerprint density at radius 1 is 1.08 bits per heavy atom. The van der Waals surface area contributed by atoms with Crippen LogP contribution in [0.1, 0.15) is 26.4 Å². The standard InChI is InChI=1S/C18H16N4O2/c1-11-5-7-12(8-6-11)15-10-16(22-21-15)18(24)20-14-4-2-3-13(9-14)17(19)23/h2-10H,1H3,(H2,19,23)(H,20,24)(H,21,22). The Balaban J connectivity index is 1.77. The molecule has 2 amide bonds. The van der Waals surface area contributed by atoms with Crippen molar-refractivity contribution in [2.75, 3.05) is 5.32 Å². The zero-order valence-corrected chi connectivity index (χ0v) is 13.0. The maximum Gasteiger partial charge on any atom is 0.273 e. The molecule has 0 aliphatic rings. The fourth-order valence-corrected chi connectivity index (χ4v) is 2.26. The van der Waals surface area contributed by atoms with E-state index in [0.717, 1.165) is 11.1 Å². The van der Waals surface area contributed by atoms with Gasteiger partial charge in [-0.05, 0) is 31.2 Å². The van der Waals surface area contributed by atoms with Crippen LogP contribution in [-0.2, 0) is 0 Å². The van der Waals surface area contributed by atoms with Crippen molar-refractivity contribution in [2.24, 2.45) is 5.73 Å². The molecule has 3 rings (SSSR count). The third-order valence-corrected chi connectivity index (χ3v) is 3.57. The number of nitrogens with zero attached hydrogens (tertiary/aromatic N) is 1. The van der Waals surface area contributed by atoms with Crippen LogP contribution in [0.15, 0.2) is 54.6 Å². The number of carbonyl (C=O) groups is 2. The van der Waals surface area contributed by atoms with Crippen LogP contribution in [0.3, 0.4) is 0 Å². The summed E-state index contributed by atoms with van der Waals surface area (Å²) in [5, 5.41) is 9.60. The van der Waals surface area contributed by atoms with Crippen molar-refractivity contribution in [3.8, 4) is 11.3 Å². The summed E-state index contributed by atoms with van der Waals surface area (Å²) in [6, 6.07) is 16.0. The number of nitrogens with two attached hydrogens (primary N) is 1. The third-order valence-electron chi connectivity index (χ3n) is 3.57. The second kappa shape index (κ2) is 6.37. The Kier molecular flexibility index (Phi) is 4.11. The predicted molar refractivity (Wildman–Crippen MR) is 91.7 cm³/mol.